The molecule has 0 rings (SSSR count). The van der Waals surface area contributed by atoms with Crippen LogP contribution in [0.25, 0.3) is 0 Å². The number of hydrogen-bond donors (Lipinski definition) is 1. The Kier molecular flexibility index (Phi) is 5.49. The lowest BCUT2D eigenvalue weighted by Crippen LogP contribution is -2.14. The van der Waals surface area contributed by atoms with E-state index in [9.17, 15) is 0 Å². The summed E-state index contributed by atoms with van der Waals surface area (Å²) in [5.74, 6) is 0. The number of nitrogens with two attached hydrogens (primary N) is 1. The van der Waals surface area contributed by atoms with Crippen molar-refractivity contribution in [1.82, 2.24) is 0 Å². The average Bonchev–Trinajstić information content (AvgIpc) is 1.86. The Morgan fingerprint density at radius 2 is 2.18 bits per heavy atom. The monoisotopic (exact) mass is 151 g/mol. The third-order valence-corrected chi connectivity index (χ3v) is 1.27. The van der Waals surface area contributed by atoms with Crippen molar-refractivity contribution >= 4 is 0 Å². The molecule has 0 radical (unpaired) electrons. The van der Waals surface area contributed by atoms with E-state index in [0.717, 1.165) is 6.42 Å². The van der Waals surface area contributed by atoms with Crippen LogP contribution in [0.3, 0.4) is 0 Å². The summed E-state index contributed by atoms with van der Waals surface area (Å²) in [6.07, 6.45) is 8.66. The Balaban J connectivity index is 3.80. The maximum atomic E-state index is 5.61. The summed E-state index contributed by atoms with van der Waals surface area (Å²) in [5, 5.41) is 0. The van der Waals surface area contributed by atoms with E-state index in [-0.39, 0.29) is 6.04 Å². The molecule has 0 bridgehead atoms. The molecule has 0 aromatic heterocycles. The number of allylic oxidation sites excluding steroid dienone is 4. The summed E-state index contributed by atoms with van der Waals surface area (Å²) in [4.78, 5) is 0. The van der Waals surface area contributed by atoms with E-state index < -0.39 is 0 Å². The van der Waals surface area contributed by atoms with Gasteiger partial charge < -0.3 is 5.73 Å². The van der Waals surface area contributed by atoms with Crippen LogP contribution in [0, 0.1) is 0 Å². The highest BCUT2D eigenvalue weighted by molar-refractivity contribution is 5.14. The van der Waals surface area contributed by atoms with E-state index in [2.05, 4.69) is 19.6 Å². The molecule has 0 aliphatic carbocycles. The van der Waals surface area contributed by atoms with Gasteiger partial charge in [0.15, 0.2) is 0 Å². The Morgan fingerprint density at radius 1 is 1.55 bits per heavy atom. The molecule has 1 unspecified atom stereocenters. The first-order chi connectivity index (χ1) is 5.16. The zero-order chi connectivity index (χ0) is 8.69. The molecule has 0 aromatic carbocycles. The molecule has 0 fully saturated rings. The summed E-state index contributed by atoms with van der Waals surface area (Å²) >= 11 is 0. The lowest BCUT2D eigenvalue weighted by Gasteiger charge is -2.02. The Hall–Kier alpha value is -0.820. The first-order valence-corrected chi connectivity index (χ1v) is 3.87. The van der Waals surface area contributed by atoms with E-state index in [0.29, 0.717) is 0 Å². The minimum atomic E-state index is 0.253. The molecule has 1 atom stereocenters. The summed E-state index contributed by atoms with van der Waals surface area (Å²) in [5.41, 5.74) is 6.92. The summed E-state index contributed by atoms with van der Waals surface area (Å²) in [6, 6.07) is 0.253. The van der Waals surface area contributed by atoms with Crippen molar-refractivity contribution in [3.05, 3.63) is 36.5 Å². The topological polar surface area (TPSA) is 26.0 Å². The molecule has 2 N–H and O–H groups in total. The zero-order valence-corrected chi connectivity index (χ0v) is 7.38. The van der Waals surface area contributed by atoms with Crippen molar-refractivity contribution < 1.29 is 0 Å². The second kappa shape index (κ2) is 5.93. The molecule has 0 aliphatic rings. The maximum Gasteiger partial charge on any atom is 0.00476 e. The lowest BCUT2D eigenvalue weighted by atomic mass is 10.1. The molecule has 0 aliphatic heterocycles. The zero-order valence-electron chi connectivity index (χ0n) is 7.38. The maximum absolute atomic E-state index is 5.61. The summed E-state index contributed by atoms with van der Waals surface area (Å²) in [6.45, 7) is 7.67. The Morgan fingerprint density at radius 3 is 2.64 bits per heavy atom. The van der Waals surface area contributed by atoms with Gasteiger partial charge in [0.05, 0.1) is 0 Å². The fourth-order valence-corrected chi connectivity index (χ4v) is 0.874. The standard InChI is InChI=1S/C10H17N/c1-4-5-6-7-9(2)8-10(3)11/h4-7,10H,1,8,11H2,2-3H3/b6-5-,9-7+. The van der Waals surface area contributed by atoms with Crippen LogP contribution in [0.5, 0.6) is 0 Å². The normalized spacial score (nSPS) is 15.4. The largest absolute Gasteiger partial charge is 0.328 e. The van der Waals surface area contributed by atoms with E-state index in [4.69, 9.17) is 5.73 Å². The third kappa shape index (κ3) is 7.07. The summed E-state index contributed by atoms with van der Waals surface area (Å²) in [7, 11) is 0. The van der Waals surface area contributed by atoms with Gasteiger partial charge >= 0.3 is 0 Å². The third-order valence-electron chi connectivity index (χ3n) is 1.27. The lowest BCUT2D eigenvalue weighted by molar-refractivity contribution is 0.731. The van der Waals surface area contributed by atoms with Crippen LogP contribution in [0.2, 0.25) is 0 Å². The van der Waals surface area contributed by atoms with E-state index >= 15 is 0 Å². The molecule has 0 amide bonds. The molecule has 1 heteroatoms. The fraction of sp³-hybridized carbons (Fsp3) is 0.400. The van der Waals surface area contributed by atoms with Crippen LogP contribution in [-0.4, -0.2) is 6.04 Å². The smallest absolute Gasteiger partial charge is 0.00476 e. The number of hydrogen-bond acceptors (Lipinski definition) is 1. The van der Waals surface area contributed by atoms with Crippen molar-refractivity contribution in [1.29, 1.82) is 0 Å². The fourth-order valence-electron chi connectivity index (χ4n) is 0.874. The van der Waals surface area contributed by atoms with Crippen LogP contribution in [0.15, 0.2) is 36.5 Å². The molecule has 0 saturated carbocycles. The van der Waals surface area contributed by atoms with Gasteiger partial charge in [0.1, 0.15) is 0 Å². The molecule has 62 valence electrons. The van der Waals surface area contributed by atoms with Crippen LogP contribution in [0.1, 0.15) is 20.3 Å². The molecular formula is C10H17N. The molecular weight excluding hydrogens is 134 g/mol. The van der Waals surface area contributed by atoms with Crippen molar-refractivity contribution in [2.75, 3.05) is 0 Å². The predicted octanol–water partition coefficient (Wildman–Crippen LogP) is 2.41. The number of rotatable bonds is 4. The highest BCUT2D eigenvalue weighted by Gasteiger charge is 1.92. The molecule has 0 aromatic rings. The van der Waals surface area contributed by atoms with Crippen molar-refractivity contribution in [3.63, 3.8) is 0 Å². The minimum absolute atomic E-state index is 0.253. The van der Waals surface area contributed by atoms with Gasteiger partial charge in [-0.3, -0.25) is 0 Å². The van der Waals surface area contributed by atoms with Gasteiger partial charge in [-0.25, -0.2) is 0 Å². The molecule has 0 heterocycles. The van der Waals surface area contributed by atoms with Crippen LogP contribution < -0.4 is 5.73 Å². The molecule has 0 spiro atoms. The second-order valence-electron chi connectivity index (χ2n) is 2.82. The van der Waals surface area contributed by atoms with E-state index in [1.54, 1.807) is 6.08 Å². The van der Waals surface area contributed by atoms with Gasteiger partial charge in [0, 0.05) is 6.04 Å². The van der Waals surface area contributed by atoms with Gasteiger partial charge in [0.2, 0.25) is 0 Å². The van der Waals surface area contributed by atoms with Gasteiger partial charge in [-0.1, -0.05) is 36.5 Å². The highest BCUT2D eigenvalue weighted by Crippen LogP contribution is 2.01. The van der Waals surface area contributed by atoms with E-state index in [1.807, 2.05) is 19.1 Å². The highest BCUT2D eigenvalue weighted by atomic mass is 14.6. The van der Waals surface area contributed by atoms with Crippen molar-refractivity contribution in [3.8, 4) is 0 Å². The van der Waals surface area contributed by atoms with Gasteiger partial charge in [-0.15, -0.1) is 0 Å². The van der Waals surface area contributed by atoms with E-state index in [1.165, 1.54) is 5.57 Å². The van der Waals surface area contributed by atoms with Crippen LogP contribution in [-0.2, 0) is 0 Å². The van der Waals surface area contributed by atoms with Gasteiger partial charge in [-0.2, -0.15) is 0 Å². The SMILES string of the molecule is C=C/C=C\C=C(/C)CC(C)N. The van der Waals surface area contributed by atoms with Crippen molar-refractivity contribution in [2.24, 2.45) is 5.73 Å². The van der Waals surface area contributed by atoms with Crippen molar-refractivity contribution in [2.45, 2.75) is 26.3 Å². The first kappa shape index (κ1) is 10.2. The first-order valence-electron chi connectivity index (χ1n) is 3.87. The van der Waals surface area contributed by atoms with Crippen LogP contribution >= 0.6 is 0 Å². The molecule has 0 saturated heterocycles. The summed E-state index contributed by atoms with van der Waals surface area (Å²) < 4.78 is 0. The minimum Gasteiger partial charge on any atom is -0.328 e. The second-order valence-corrected chi connectivity index (χ2v) is 2.82. The molecule has 1 nitrogen and oxygen atoms in total. The predicted molar refractivity (Wildman–Crippen MR) is 51.4 cm³/mol. The van der Waals surface area contributed by atoms with Gasteiger partial charge in [-0.05, 0) is 20.3 Å². The molecule has 11 heavy (non-hydrogen) atoms. The Bertz CT molecular complexity index is 164. The Labute approximate surface area is 69.3 Å². The quantitative estimate of drug-likeness (QED) is 0.613. The van der Waals surface area contributed by atoms with Crippen LogP contribution in [0.4, 0.5) is 0 Å². The van der Waals surface area contributed by atoms with Gasteiger partial charge in [0.25, 0.3) is 0 Å². The average molecular weight is 151 g/mol.